The molecule has 2 aromatic carbocycles. The summed E-state index contributed by atoms with van der Waals surface area (Å²) in [5.41, 5.74) is -3.58. The summed E-state index contributed by atoms with van der Waals surface area (Å²) >= 11 is 0. The number of nitrogens with zero attached hydrogens (tertiary/aromatic N) is 2. The summed E-state index contributed by atoms with van der Waals surface area (Å²) in [5, 5.41) is 19.5. The van der Waals surface area contributed by atoms with Crippen molar-refractivity contribution in [1.82, 2.24) is 4.90 Å². The molecule has 6 nitrogen and oxygen atoms in total. The quantitative estimate of drug-likeness (QED) is 0.609. The third-order valence-electron chi connectivity index (χ3n) is 4.90. The number of aliphatic hydroxyl groups excluding tert-OH is 1. The van der Waals surface area contributed by atoms with Crippen LogP contribution in [0.5, 0.6) is 5.75 Å². The molecular formula is C20H15F3N2O4. The van der Waals surface area contributed by atoms with Crippen molar-refractivity contribution in [3.8, 4) is 18.1 Å². The highest BCUT2D eigenvalue weighted by Crippen LogP contribution is 2.41. The van der Waals surface area contributed by atoms with Gasteiger partial charge in [-0.15, -0.1) is 6.42 Å². The smallest absolute Gasteiger partial charge is 0.417 e. The molecule has 29 heavy (non-hydrogen) atoms. The SMILES string of the molecule is C#Cc1ccc(N2C(=O)N(C)[C@](CO)(c3ccc(O)cc3)C2=O)cc1C(F)(F)F. The highest BCUT2D eigenvalue weighted by Gasteiger charge is 2.57. The van der Waals surface area contributed by atoms with Gasteiger partial charge in [0, 0.05) is 12.6 Å². The van der Waals surface area contributed by atoms with Gasteiger partial charge >= 0.3 is 12.2 Å². The van der Waals surface area contributed by atoms with Crippen molar-refractivity contribution in [2.45, 2.75) is 11.7 Å². The van der Waals surface area contributed by atoms with E-state index in [1.165, 1.54) is 31.3 Å². The van der Waals surface area contributed by atoms with Crippen LogP contribution in [-0.2, 0) is 16.5 Å². The number of imide groups is 1. The molecule has 0 radical (unpaired) electrons. The molecule has 2 aromatic rings. The van der Waals surface area contributed by atoms with E-state index >= 15 is 0 Å². The van der Waals surface area contributed by atoms with Crippen molar-refractivity contribution in [3.63, 3.8) is 0 Å². The number of anilines is 1. The number of aromatic hydroxyl groups is 1. The first-order valence-electron chi connectivity index (χ1n) is 8.28. The van der Waals surface area contributed by atoms with Crippen LogP contribution in [0.3, 0.4) is 0 Å². The third-order valence-corrected chi connectivity index (χ3v) is 4.90. The van der Waals surface area contributed by atoms with E-state index in [0.29, 0.717) is 11.0 Å². The van der Waals surface area contributed by atoms with E-state index in [1.54, 1.807) is 0 Å². The van der Waals surface area contributed by atoms with Crippen LogP contribution in [0.25, 0.3) is 0 Å². The number of urea groups is 1. The molecule has 2 N–H and O–H groups in total. The minimum Gasteiger partial charge on any atom is -0.508 e. The lowest BCUT2D eigenvalue weighted by Gasteiger charge is -2.31. The maximum Gasteiger partial charge on any atom is 0.417 e. The Kier molecular flexibility index (Phi) is 4.76. The van der Waals surface area contributed by atoms with Crippen LogP contribution in [0, 0.1) is 12.3 Å². The minimum absolute atomic E-state index is 0.0992. The molecule has 1 heterocycles. The highest BCUT2D eigenvalue weighted by molar-refractivity contribution is 6.23. The van der Waals surface area contributed by atoms with Gasteiger partial charge in [-0.05, 0) is 35.9 Å². The Hall–Kier alpha value is -3.51. The predicted molar refractivity (Wildman–Crippen MR) is 96.9 cm³/mol. The Bertz CT molecular complexity index is 1030. The molecule has 1 saturated heterocycles. The van der Waals surface area contributed by atoms with E-state index in [0.717, 1.165) is 17.0 Å². The molecule has 0 aliphatic carbocycles. The number of alkyl halides is 3. The Morgan fingerprint density at radius 3 is 2.28 bits per heavy atom. The summed E-state index contributed by atoms with van der Waals surface area (Å²) in [4.78, 5) is 27.5. The molecule has 1 aliphatic rings. The topological polar surface area (TPSA) is 81.1 Å². The summed E-state index contributed by atoms with van der Waals surface area (Å²) in [7, 11) is 1.25. The lowest BCUT2D eigenvalue weighted by atomic mass is 9.89. The molecule has 0 unspecified atom stereocenters. The lowest BCUT2D eigenvalue weighted by molar-refractivity contribution is -0.137. The van der Waals surface area contributed by atoms with Gasteiger partial charge in [-0.1, -0.05) is 18.1 Å². The minimum atomic E-state index is -4.79. The Morgan fingerprint density at radius 1 is 1.14 bits per heavy atom. The number of hydrogen-bond acceptors (Lipinski definition) is 4. The van der Waals surface area contributed by atoms with E-state index in [-0.39, 0.29) is 17.0 Å². The van der Waals surface area contributed by atoms with Crippen LogP contribution < -0.4 is 4.90 Å². The van der Waals surface area contributed by atoms with Crippen LogP contribution in [0.2, 0.25) is 0 Å². The molecule has 0 aromatic heterocycles. The average Bonchev–Trinajstić information content (AvgIpc) is 2.88. The van der Waals surface area contributed by atoms with Gasteiger partial charge in [0.1, 0.15) is 5.75 Å². The fourth-order valence-corrected chi connectivity index (χ4v) is 3.31. The zero-order valence-corrected chi connectivity index (χ0v) is 15.1. The maximum atomic E-state index is 13.3. The largest absolute Gasteiger partial charge is 0.508 e. The lowest BCUT2D eigenvalue weighted by Crippen LogP contribution is -2.48. The van der Waals surface area contributed by atoms with Crippen molar-refractivity contribution in [1.29, 1.82) is 0 Å². The molecular weight excluding hydrogens is 389 g/mol. The number of phenolic OH excluding ortho intramolecular Hbond substituents is 1. The Morgan fingerprint density at radius 2 is 1.76 bits per heavy atom. The van der Waals surface area contributed by atoms with Crippen LogP contribution >= 0.6 is 0 Å². The normalized spacial score (nSPS) is 19.6. The number of aliphatic hydroxyl groups is 1. The molecule has 3 amide bonds. The molecule has 9 heteroatoms. The van der Waals surface area contributed by atoms with E-state index < -0.39 is 41.4 Å². The summed E-state index contributed by atoms with van der Waals surface area (Å²) in [5.74, 6) is 0.897. The van der Waals surface area contributed by atoms with Crippen molar-refractivity contribution in [2.75, 3.05) is 18.6 Å². The standard InChI is InChI=1S/C20H15F3N2O4/c1-3-12-4-7-14(10-16(12)20(21,22)23)25-17(28)19(11-26,24(2)18(25)29)13-5-8-15(27)9-6-13/h1,4-10,26-27H,11H2,2H3/t19-/m1/s1. The molecule has 1 aliphatic heterocycles. The number of benzene rings is 2. The summed E-state index contributed by atoms with van der Waals surface area (Å²) in [6.07, 6.45) is 0.330. The van der Waals surface area contributed by atoms with Crippen molar-refractivity contribution >= 4 is 17.6 Å². The fraction of sp³-hybridized carbons (Fsp3) is 0.200. The summed E-state index contributed by atoms with van der Waals surface area (Å²) < 4.78 is 40.0. The Labute approximate surface area is 163 Å². The zero-order valence-electron chi connectivity index (χ0n) is 15.1. The van der Waals surface area contributed by atoms with Gasteiger partial charge in [0.15, 0.2) is 5.54 Å². The third kappa shape index (κ3) is 2.98. The summed E-state index contributed by atoms with van der Waals surface area (Å²) in [6.45, 7) is -0.816. The number of halogens is 3. The van der Waals surface area contributed by atoms with E-state index in [2.05, 4.69) is 0 Å². The number of carbonyl (C=O) groups excluding carboxylic acids is 2. The number of phenols is 1. The van der Waals surface area contributed by atoms with Crippen molar-refractivity contribution < 1.29 is 33.0 Å². The molecule has 0 bridgehead atoms. The van der Waals surface area contributed by atoms with Gasteiger partial charge < -0.3 is 15.1 Å². The summed E-state index contributed by atoms with van der Waals surface area (Å²) in [6, 6.07) is 7.08. The van der Waals surface area contributed by atoms with Gasteiger partial charge in [0.25, 0.3) is 5.91 Å². The molecule has 1 atom stereocenters. The molecule has 1 fully saturated rings. The van der Waals surface area contributed by atoms with E-state index in [4.69, 9.17) is 6.42 Å². The number of amides is 3. The van der Waals surface area contributed by atoms with E-state index in [1.807, 2.05) is 5.92 Å². The molecule has 150 valence electrons. The van der Waals surface area contributed by atoms with Crippen LogP contribution in [-0.4, -0.2) is 40.7 Å². The van der Waals surface area contributed by atoms with Crippen LogP contribution in [0.1, 0.15) is 16.7 Å². The second kappa shape index (κ2) is 6.83. The molecule has 0 saturated carbocycles. The van der Waals surface area contributed by atoms with Crippen molar-refractivity contribution in [2.24, 2.45) is 0 Å². The van der Waals surface area contributed by atoms with Gasteiger partial charge in [-0.25, -0.2) is 9.69 Å². The Balaban J connectivity index is 2.16. The second-order valence-corrected chi connectivity index (χ2v) is 6.42. The number of hydrogen-bond donors (Lipinski definition) is 2. The first kappa shape index (κ1) is 20.2. The highest BCUT2D eigenvalue weighted by atomic mass is 19.4. The fourth-order valence-electron chi connectivity index (χ4n) is 3.31. The molecule has 0 spiro atoms. The maximum absolute atomic E-state index is 13.3. The van der Waals surface area contributed by atoms with Gasteiger partial charge in [0.2, 0.25) is 0 Å². The predicted octanol–water partition coefficient (Wildman–Crippen LogP) is 2.68. The molecule has 3 rings (SSSR count). The number of likely N-dealkylation sites (N-methyl/N-ethyl adjacent to an activating group) is 1. The van der Waals surface area contributed by atoms with Crippen LogP contribution in [0.4, 0.5) is 23.7 Å². The van der Waals surface area contributed by atoms with Gasteiger partial charge in [0.05, 0.1) is 17.9 Å². The number of rotatable bonds is 3. The van der Waals surface area contributed by atoms with Crippen LogP contribution in [0.15, 0.2) is 42.5 Å². The first-order chi connectivity index (χ1) is 13.6. The number of terminal acetylenes is 1. The monoisotopic (exact) mass is 404 g/mol. The number of carbonyl (C=O) groups is 2. The first-order valence-corrected chi connectivity index (χ1v) is 8.28. The zero-order chi connectivity index (χ0) is 21.6. The van der Waals surface area contributed by atoms with Gasteiger partial charge in [-0.3, -0.25) is 4.79 Å². The average molecular weight is 404 g/mol. The van der Waals surface area contributed by atoms with E-state index in [9.17, 15) is 33.0 Å². The second-order valence-electron chi connectivity index (χ2n) is 6.42. The van der Waals surface area contributed by atoms with Gasteiger partial charge in [-0.2, -0.15) is 13.2 Å². The van der Waals surface area contributed by atoms with Crippen molar-refractivity contribution in [3.05, 3.63) is 59.2 Å².